The van der Waals surface area contributed by atoms with Crippen LogP contribution in [-0.2, 0) is 0 Å². The van der Waals surface area contributed by atoms with Gasteiger partial charge in [0.25, 0.3) is 0 Å². The lowest BCUT2D eigenvalue weighted by atomic mass is 10.1. The maximum atomic E-state index is 14.6. The van der Waals surface area contributed by atoms with Gasteiger partial charge in [-0.2, -0.15) is 9.49 Å². The SMILES string of the molecule is O=C(O)c1cc(F)ccc1/C=N/N(c1nc(-c2cccc(Cl)c2)c(F)s1)C1CC1F. The molecule has 0 amide bonds. The van der Waals surface area contributed by atoms with Crippen LogP contribution in [0.15, 0.2) is 47.6 Å². The largest absolute Gasteiger partial charge is 0.478 e. The Morgan fingerprint density at radius 2 is 2.07 bits per heavy atom. The predicted octanol–water partition coefficient (Wildman–Crippen LogP) is 5.39. The molecule has 4 rings (SSSR count). The number of carboxylic acids is 1. The molecule has 2 atom stereocenters. The molecule has 1 aromatic heterocycles. The second-order valence-corrected chi connectivity index (χ2v) is 7.94. The summed E-state index contributed by atoms with van der Waals surface area (Å²) in [5.41, 5.74) is 0.348. The molecule has 1 aliphatic carbocycles. The van der Waals surface area contributed by atoms with E-state index >= 15 is 0 Å². The molecule has 0 bridgehead atoms. The lowest BCUT2D eigenvalue weighted by Crippen LogP contribution is -2.21. The maximum Gasteiger partial charge on any atom is 0.336 e. The standard InChI is InChI=1S/C20H13ClF3N3O2S/c21-12-3-1-2-10(6-12)17-18(24)30-20(26-17)27(16-8-15(16)23)25-9-11-4-5-13(22)7-14(11)19(28)29/h1-7,9,15-16H,8H2,(H,28,29)/b25-9+. The Hall–Kier alpha value is -2.91. The number of hydrogen-bond donors (Lipinski definition) is 1. The lowest BCUT2D eigenvalue weighted by molar-refractivity contribution is 0.0696. The molecular formula is C20H13ClF3N3O2S. The van der Waals surface area contributed by atoms with E-state index in [1.807, 2.05) is 0 Å². The summed E-state index contributed by atoms with van der Waals surface area (Å²) in [6.45, 7) is 0. The monoisotopic (exact) mass is 451 g/mol. The van der Waals surface area contributed by atoms with Crippen molar-refractivity contribution < 1.29 is 23.1 Å². The predicted molar refractivity (Wildman–Crippen MR) is 109 cm³/mol. The highest BCUT2D eigenvalue weighted by atomic mass is 35.5. The second kappa shape index (κ2) is 8.08. The molecule has 1 aliphatic rings. The van der Waals surface area contributed by atoms with Gasteiger partial charge in [-0.25, -0.2) is 23.6 Å². The number of carbonyl (C=O) groups is 1. The third kappa shape index (κ3) is 4.17. The Morgan fingerprint density at radius 1 is 1.30 bits per heavy atom. The van der Waals surface area contributed by atoms with Crippen LogP contribution in [0, 0.1) is 10.9 Å². The lowest BCUT2D eigenvalue weighted by Gasteiger charge is -2.14. The number of alkyl halides is 1. The molecule has 154 valence electrons. The smallest absolute Gasteiger partial charge is 0.336 e. The highest BCUT2D eigenvalue weighted by Crippen LogP contribution is 2.39. The van der Waals surface area contributed by atoms with Gasteiger partial charge >= 0.3 is 5.97 Å². The number of thiazole rings is 1. The highest BCUT2D eigenvalue weighted by Gasteiger charge is 2.44. The van der Waals surface area contributed by atoms with E-state index in [4.69, 9.17) is 11.6 Å². The fraction of sp³-hybridized carbons (Fsp3) is 0.150. The number of aromatic carboxylic acids is 1. The Kier molecular flexibility index (Phi) is 5.48. The van der Waals surface area contributed by atoms with Gasteiger partial charge in [-0.05, 0) is 30.3 Å². The van der Waals surface area contributed by atoms with Crippen LogP contribution in [0.5, 0.6) is 0 Å². The summed E-state index contributed by atoms with van der Waals surface area (Å²) in [4.78, 5) is 15.6. The Labute approximate surface area is 178 Å². The molecule has 3 aromatic rings. The van der Waals surface area contributed by atoms with Crippen molar-refractivity contribution in [1.82, 2.24) is 4.98 Å². The first-order valence-corrected chi connectivity index (χ1v) is 9.95. The van der Waals surface area contributed by atoms with E-state index in [0.717, 1.165) is 12.1 Å². The topological polar surface area (TPSA) is 65.8 Å². The van der Waals surface area contributed by atoms with E-state index in [1.54, 1.807) is 24.3 Å². The van der Waals surface area contributed by atoms with Crippen LogP contribution < -0.4 is 5.01 Å². The summed E-state index contributed by atoms with van der Waals surface area (Å²) in [7, 11) is 0. The molecule has 1 saturated carbocycles. The minimum absolute atomic E-state index is 0.0572. The molecular weight excluding hydrogens is 439 g/mol. The van der Waals surface area contributed by atoms with Gasteiger partial charge in [-0.1, -0.05) is 35.1 Å². The van der Waals surface area contributed by atoms with Crippen molar-refractivity contribution in [3.05, 3.63) is 69.6 Å². The molecule has 2 unspecified atom stereocenters. The number of hydrazone groups is 1. The summed E-state index contributed by atoms with van der Waals surface area (Å²) in [5, 5.41) is 14.6. The summed E-state index contributed by atoms with van der Waals surface area (Å²) < 4.78 is 41.7. The van der Waals surface area contributed by atoms with Crippen molar-refractivity contribution >= 4 is 40.3 Å². The van der Waals surface area contributed by atoms with Gasteiger partial charge in [-0.15, -0.1) is 0 Å². The normalized spacial score (nSPS) is 18.0. The minimum atomic E-state index is -1.33. The fourth-order valence-corrected chi connectivity index (χ4v) is 3.86. The first-order valence-electron chi connectivity index (χ1n) is 8.76. The van der Waals surface area contributed by atoms with Crippen LogP contribution in [0.2, 0.25) is 5.02 Å². The Morgan fingerprint density at radius 3 is 2.73 bits per heavy atom. The van der Waals surface area contributed by atoms with Crippen molar-refractivity contribution in [2.45, 2.75) is 18.6 Å². The van der Waals surface area contributed by atoms with Gasteiger partial charge in [-0.3, -0.25) is 0 Å². The highest BCUT2D eigenvalue weighted by molar-refractivity contribution is 7.14. The van der Waals surface area contributed by atoms with Gasteiger partial charge < -0.3 is 5.11 Å². The molecule has 2 aromatic carbocycles. The second-order valence-electron chi connectivity index (χ2n) is 6.57. The van der Waals surface area contributed by atoms with Gasteiger partial charge in [0.2, 0.25) is 10.3 Å². The number of anilines is 1. The summed E-state index contributed by atoms with van der Waals surface area (Å²) in [5.74, 6) is -2.04. The van der Waals surface area contributed by atoms with E-state index in [2.05, 4.69) is 10.1 Å². The van der Waals surface area contributed by atoms with Crippen molar-refractivity contribution in [2.24, 2.45) is 5.10 Å². The van der Waals surface area contributed by atoms with E-state index in [9.17, 15) is 23.1 Å². The van der Waals surface area contributed by atoms with Gasteiger partial charge in [0.05, 0.1) is 17.8 Å². The molecule has 30 heavy (non-hydrogen) atoms. The zero-order chi connectivity index (χ0) is 21.4. The zero-order valence-electron chi connectivity index (χ0n) is 15.1. The number of carboxylic acid groups (broad SMARTS) is 1. The molecule has 0 radical (unpaired) electrons. The van der Waals surface area contributed by atoms with Crippen LogP contribution >= 0.6 is 22.9 Å². The molecule has 0 spiro atoms. The molecule has 1 N–H and O–H groups in total. The maximum absolute atomic E-state index is 14.6. The summed E-state index contributed by atoms with van der Waals surface area (Å²) in [6.07, 6.45) is 0.183. The number of aromatic nitrogens is 1. The number of hydrogen-bond acceptors (Lipinski definition) is 5. The van der Waals surface area contributed by atoms with Crippen LogP contribution in [0.3, 0.4) is 0 Å². The quantitative estimate of drug-likeness (QED) is 0.403. The molecule has 5 nitrogen and oxygen atoms in total. The first kappa shape index (κ1) is 20.4. The Bertz CT molecular complexity index is 1150. The number of halogens is 4. The van der Waals surface area contributed by atoms with E-state index in [1.165, 1.54) is 17.3 Å². The third-order valence-corrected chi connectivity index (χ3v) is 5.50. The average molecular weight is 452 g/mol. The van der Waals surface area contributed by atoms with Crippen LogP contribution in [0.1, 0.15) is 22.3 Å². The summed E-state index contributed by atoms with van der Waals surface area (Å²) in [6, 6.07) is 9.07. The first-order chi connectivity index (χ1) is 14.3. The van der Waals surface area contributed by atoms with Gasteiger partial charge in [0, 0.05) is 22.6 Å². The van der Waals surface area contributed by atoms with Crippen molar-refractivity contribution in [3.63, 3.8) is 0 Å². The van der Waals surface area contributed by atoms with Crippen molar-refractivity contribution in [2.75, 3.05) is 5.01 Å². The van der Waals surface area contributed by atoms with Crippen LogP contribution in [0.25, 0.3) is 11.3 Å². The van der Waals surface area contributed by atoms with Gasteiger partial charge in [0.15, 0.2) is 0 Å². The molecule has 0 aliphatic heterocycles. The minimum Gasteiger partial charge on any atom is -0.478 e. The summed E-state index contributed by atoms with van der Waals surface area (Å²) >= 11 is 6.65. The van der Waals surface area contributed by atoms with Crippen LogP contribution in [0.4, 0.5) is 18.3 Å². The number of benzene rings is 2. The van der Waals surface area contributed by atoms with E-state index in [0.29, 0.717) is 21.9 Å². The number of nitrogens with zero attached hydrogens (tertiary/aromatic N) is 3. The van der Waals surface area contributed by atoms with E-state index < -0.39 is 29.1 Å². The molecule has 10 heteroatoms. The Balaban J connectivity index is 1.69. The third-order valence-electron chi connectivity index (χ3n) is 4.43. The van der Waals surface area contributed by atoms with Gasteiger partial charge in [0.1, 0.15) is 17.7 Å². The average Bonchev–Trinajstić information content (AvgIpc) is 3.29. The van der Waals surface area contributed by atoms with Crippen molar-refractivity contribution in [3.8, 4) is 11.3 Å². The van der Waals surface area contributed by atoms with Crippen molar-refractivity contribution in [1.29, 1.82) is 0 Å². The molecule has 1 heterocycles. The van der Waals surface area contributed by atoms with Crippen LogP contribution in [-0.4, -0.2) is 34.5 Å². The fourth-order valence-electron chi connectivity index (χ4n) is 2.84. The van der Waals surface area contributed by atoms with E-state index in [-0.39, 0.29) is 28.4 Å². The number of rotatable bonds is 6. The molecule has 0 saturated heterocycles. The molecule has 1 fully saturated rings. The zero-order valence-corrected chi connectivity index (χ0v) is 16.7.